The first-order chi connectivity index (χ1) is 9.11. The largest absolute Gasteiger partial charge is 0.361 e. The molecule has 0 saturated carbocycles. The van der Waals surface area contributed by atoms with Crippen molar-refractivity contribution in [2.75, 3.05) is 6.54 Å². The van der Waals surface area contributed by atoms with Crippen molar-refractivity contribution in [1.29, 1.82) is 0 Å². The van der Waals surface area contributed by atoms with Gasteiger partial charge in [0.05, 0.1) is 30.0 Å². The van der Waals surface area contributed by atoms with Crippen molar-refractivity contribution in [3.8, 4) is 0 Å². The van der Waals surface area contributed by atoms with Crippen LogP contribution in [0.1, 0.15) is 28.7 Å². The monoisotopic (exact) mass is 260 g/mol. The smallest absolute Gasteiger partial charge is 0.230 e. The van der Waals surface area contributed by atoms with E-state index in [4.69, 9.17) is 4.52 Å². The number of carbonyl (C=O) groups excluding carboxylic acids is 1. The van der Waals surface area contributed by atoms with Gasteiger partial charge in [-0.05, 0) is 13.8 Å². The van der Waals surface area contributed by atoms with E-state index in [0.29, 0.717) is 18.8 Å². The van der Waals surface area contributed by atoms with Crippen LogP contribution >= 0.6 is 0 Å². The zero-order chi connectivity index (χ0) is 13.4. The minimum absolute atomic E-state index is 0.0639. The van der Waals surface area contributed by atoms with Crippen molar-refractivity contribution in [3.05, 3.63) is 34.7 Å². The van der Waals surface area contributed by atoms with Gasteiger partial charge in [-0.15, -0.1) is 0 Å². The first-order valence-electron chi connectivity index (χ1n) is 6.36. The first kappa shape index (κ1) is 12.0. The molecule has 0 bridgehead atoms. The van der Waals surface area contributed by atoms with Gasteiger partial charge in [-0.1, -0.05) is 5.16 Å². The molecule has 3 heterocycles. The Bertz CT molecular complexity index is 614. The molecule has 0 aromatic carbocycles. The standard InChI is InChI=1S/C13H16N4O2/c1-8-5-10(19-16-8)6-13(18)17-4-3-11-12(7-17)15-9(2)14-11/h5H,3-4,6-7H2,1-2H3,(H,14,15). The molecule has 6 nitrogen and oxygen atoms in total. The Morgan fingerprint density at radius 1 is 1.53 bits per heavy atom. The van der Waals surface area contributed by atoms with E-state index in [9.17, 15) is 4.79 Å². The van der Waals surface area contributed by atoms with Gasteiger partial charge in [0.1, 0.15) is 11.6 Å². The molecule has 3 rings (SSSR count). The number of imidazole rings is 1. The van der Waals surface area contributed by atoms with Crippen LogP contribution in [-0.4, -0.2) is 32.5 Å². The lowest BCUT2D eigenvalue weighted by molar-refractivity contribution is -0.131. The van der Waals surface area contributed by atoms with Crippen LogP contribution in [0, 0.1) is 13.8 Å². The van der Waals surface area contributed by atoms with E-state index >= 15 is 0 Å². The Morgan fingerprint density at radius 3 is 3.11 bits per heavy atom. The van der Waals surface area contributed by atoms with Crippen LogP contribution in [0.15, 0.2) is 10.6 Å². The number of hydrogen-bond acceptors (Lipinski definition) is 4. The molecule has 0 aliphatic carbocycles. The van der Waals surface area contributed by atoms with Crippen LogP contribution < -0.4 is 0 Å². The number of aryl methyl sites for hydroxylation is 2. The van der Waals surface area contributed by atoms with E-state index < -0.39 is 0 Å². The van der Waals surface area contributed by atoms with Gasteiger partial charge >= 0.3 is 0 Å². The van der Waals surface area contributed by atoms with E-state index in [1.165, 1.54) is 0 Å². The normalized spacial score (nSPS) is 14.5. The fourth-order valence-electron chi connectivity index (χ4n) is 2.41. The maximum Gasteiger partial charge on any atom is 0.230 e. The molecule has 0 fully saturated rings. The molecule has 0 radical (unpaired) electrons. The highest BCUT2D eigenvalue weighted by Gasteiger charge is 2.23. The molecule has 0 atom stereocenters. The lowest BCUT2D eigenvalue weighted by Gasteiger charge is -2.25. The van der Waals surface area contributed by atoms with Crippen LogP contribution in [-0.2, 0) is 24.2 Å². The summed E-state index contributed by atoms with van der Waals surface area (Å²) in [6, 6.07) is 1.80. The third-order valence-corrected chi connectivity index (χ3v) is 3.31. The van der Waals surface area contributed by atoms with E-state index in [0.717, 1.165) is 29.3 Å². The molecule has 1 aliphatic rings. The van der Waals surface area contributed by atoms with Crippen molar-refractivity contribution >= 4 is 5.91 Å². The fraction of sp³-hybridized carbons (Fsp3) is 0.462. The second-order valence-corrected chi connectivity index (χ2v) is 4.92. The van der Waals surface area contributed by atoms with Gasteiger partial charge in [-0.2, -0.15) is 0 Å². The highest BCUT2D eigenvalue weighted by Crippen LogP contribution is 2.17. The summed E-state index contributed by atoms with van der Waals surface area (Å²) in [5.74, 6) is 1.59. The Labute approximate surface area is 110 Å². The average molecular weight is 260 g/mol. The molecular formula is C13H16N4O2. The highest BCUT2D eigenvalue weighted by atomic mass is 16.5. The number of hydrogen-bond donors (Lipinski definition) is 1. The Kier molecular flexibility index (Phi) is 2.85. The number of amides is 1. The van der Waals surface area contributed by atoms with E-state index in [2.05, 4.69) is 15.1 Å². The third-order valence-electron chi connectivity index (χ3n) is 3.31. The third kappa shape index (κ3) is 2.38. The topological polar surface area (TPSA) is 75.0 Å². The molecule has 100 valence electrons. The molecule has 1 N–H and O–H groups in total. The van der Waals surface area contributed by atoms with Crippen LogP contribution in [0.5, 0.6) is 0 Å². The van der Waals surface area contributed by atoms with Gasteiger partial charge in [0.25, 0.3) is 0 Å². The molecule has 6 heteroatoms. The summed E-state index contributed by atoms with van der Waals surface area (Å²) in [4.78, 5) is 21.6. The summed E-state index contributed by atoms with van der Waals surface area (Å²) >= 11 is 0. The fourth-order valence-corrected chi connectivity index (χ4v) is 2.41. The number of nitrogens with one attached hydrogen (secondary N) is 1. The number of carbonyl (C=O) groups is 1. The van der Waals surface area contributed by atoms with Gasteiger partial charge < -0.3 is 14.4 Å². The minimum Gasteiger partial charge on any atom is -0.361 e. The average Bonchev–Trinajstić information content (AvgIpc) is 2.93. The van der Waals surface area contributed by atoms with Crippen LogP contribution in [0.25, 0.3) is 0 Å². The number of nitrogens with zero attached hydrogens (tertiary/aromatic N) is 3. The van der Waals surface area contributed by atoms with Crippen molar-refractivity contribution in [3.63, 3.8) is 0 Å². The summed E-state index contributed by atoms with van der Waals surface area (Å²) in [6.07, 6.45) is 1.07. The Balaban J connectivity index is 1.69. The van der Waals surface area contributed by atoms with E-state index in [1.54, 1.807) is 6.07 Å². The molecule has 2 aromatic rings. The van der Waals surface area contributed by atoms with Crippen LogP contribution in [0.3, 0.4) is 0 Å². The number of fused-ring (bicyclic) bond motifs is 1. The summed E-state index contributed by atoms with van der Waals surface area (Å²) in [7, 11) is 0. The van der Waals surface area contributed by atoms with Gasteiger partial charge in [0, 0.05) is 19.0 Å². The maximum atomic E-state index is 12.2. The predicted octanol–water partition coefficient (Wildman–Crippen LogP) is 1.14. The molecule has 0 saturated heterocycles. The van der Waals surface area contributed by atoms with Crippen molar-refractivity contribution in [2.45, 2.75) is 33.2 Å². The minimum atomic E-state index is 0.0639. The second-order valence-electron chi connectivity index (χ2n) is 4.92. The first-order valence-corrected chi connectivity index (χ1v) is 6.36. The number of H-pyrrole nitrogens is 1. The summed E-state index contributed by atoms with van der Waals surface area (Å²) in [6.45, 7) is 5.09. The zero-order valence-electron chi connectivity index (χ0n) is 11.1. The van der Waals surface area contributed by atoms with E-state index in [-0.39, 0.29) is 12.3 Å². The quantitative estimate of drug-likeness (QED) is 0.878. The van der Waals surface area contributed by atoms with Crippen molar-refractivity contribution < 1.29 is 9.32 Å². The van der Waals surface area contributed by atoms with Gasteiger partial charge in [-0.3, -0.25) is 4.79 Å². The van der Waals surface area contributed by atoms with Gasteiger partial charge in [0.15, 0.2) is 0 Å². The molecule has 2 aromatic heterocycles. The van der Waals surface area contributed by atoms with Gasteiger partial charge in [0.2, 0.25) is 5.91 Å². The van der Waals surface area contributed by atoms with Crippen LogP contribution in [0.4, 0.5) is 0 Å². The Morgan fingerprint density at radius 2 is 2.37 bits per heavy atom. The van der Waals surface area contributed by atoms with Crippen molar-refractivity contribution in [1.82, 2.24) is 20.0 Å². The van der Waals surface area contributed by atoms with Crippen molar-refractivity contribution in [2.24, 2.45) is 0 Å². The molecule has 0 unspecified atom stereocenters. The number of aromatic nitrogens is 3. The lowest BCUT2D eigenvalue weighted by Crippen LogP contribution is -2.36. The SMILES string of the molecule is Cc1cc(CC(=O)N2CCc3nc(C)[nH]c3C2)on1. The second kappa shape index (κ2) is 4.53. The highest BCUT2D eigenvalue weighted by molar-refractivity contribution is 5.78. The summed E-state index contributed by atoms with van der Waals surface area (Å²) in [5, 5.41) is 3.79. The molecular weight excluding hydrogens is 244 g/mol. The maximum absolute atomic E-state index is 12.2. The lowest BCUT2D eigenvalue weighted by atomic mass is 10.1. The van der Waals surface area contributed by atoms with Gasteiger partial charge in [-0.25, -0.2) is 4.98 Å². The molecule has 1 amide bonds. The Hall–Kier alpha value is -2.11. The summed E-state index contributed by atoms with van der Waals surface area (Å²) < 4.78 is 5.08. The zero-order valence-corrected chi connectivity index (χ0v) is 11.1. The van der Waals surface area contributed by atoms with Crippen LogP contribution in [0.2, 0.25) is 0 Å². The summed E-state index contributed by atoms with van der Waals surface area (Å²) in [5.41, 5.74) is 2.93. The van der Waals surface area contributed by atoms with E-state index in [1.807, 2.05) is 18.7 Å². The predicted molar refractivity (Wildman–Crippen MR) is 67.4 cm³/mol. The number of aromatic amines is 1. The molecule has 1 aliphatic heterocycles. The molecule has 0 spiro atoms. The molecule has 19 heavy (non-hydrogen) atoms. The number of rotatable bonds is 2.